The maximum atomic E-state index is 13.7. The molecule has 1 atom stereocenters. The lowest BCUT2D eigenvalue weighted by Crippen LogP contribution is -2.42. The van der Waals surface area contributed by atoms with Crippen molar-refractivity contribution in [2.24, 2.45) is 0 Å². The summed E-state index contributed by atoms with van der Waals surface area (Å²) in [6.45, 7) is 2.41. The normalized spacial score (nSPS) is 16.9. The third kappa shape index (κ3) is 4.70. The van der Waals surface area contributed by atoms with Crippen LogP contribution in [0.3, 0.4) is 0 Å². The van der Waals surface area contributed by atoms with Gasteiger partial charge in [0.15, 0.2) is 0 Å². The number of amides is 1. The van der Waals surface area contributed by atoms with Crippen LogP contribution < -0.4 is 5.56 Å². The molecule has 1 amide bonds. The van der Waals surface area contributed by atoms with Crippen molar-refractivity contribution in [2.75, 3.05) is 26.3 Å². The molecule has 9 nitrogen and oxygen atoms in total. The zero-order valence-electron chi connectivity index (χ0n) is 20.6. The second-order valence-electron chi connectivity index (χ2n) is 9.33. The third-order valence-corrected chi connectivity index (χ3v) is 6.81. The van der Waals surface area contributed by atoms with Crippen molar-refractivity contribution >= 4 is 6.09 Å². The fourth-order valence-electron chi connectivity index (χ4n) is 4.97. The number of fused-ring (bicyclic) bond motifs is 1. The molecule has 4 heterocycles. The number of benzene rings is 2. The lowest BCUT2D eigenvalue weighted by molar-refractivity contribution is 0.0119. The standard InChI is InChI=1S/C28H26FN5O4/c29-21-8-6-20(7-9-21)25-26(23-10-11-30-24(31-23)16-19-4-2-1-3-5-19)33-17-22(18-34(33)27(25)35)38-28(36)32-12-14-37-15-13-32/h1-11,22H,12-18H2. The minimum absolute atomic E-state index is 0.213. The van der Waals surface area contributed by atoms with Crippen LogP contribution in [0.15, 0.2) is 71.7 Å². The van der Waals surface area contributed by atoms with Gasteiger partial charge in [0.2, 0.25) is 0 Å². The molecule has 10 heteroatoms. The number of carbonyl (C=O) groups is 1. The van der Waals surface area contributed by atoms with E-state index in [-0.39, 0.29) is 17.9 Å². The molecular formula is C28H26FN5O4. The lowest BCUT2D eigenvalue weighted by Gasteiger charge is -2.27. The molecular weight excluding hydrogens is 489 g/mol. The smallest absolute Gasteiger partial charge is 0.410 e. The Labute approximate surface area is 218 Å². The maximum absolute atomic E-state index is 13.7. The van der Waals surface area contributed by atoms with E-state index in [2.05, 4.69) is 4.98 Å². The zero-order chi connectivity index (χ0) is 26.1. The fourth-order valence-corrected chi connectivity index (χ4v) is 4.97. The molecule has 2 aromatic carbocycles. The quantitative estimate of drug-likeness (QED) is 0.405. The van der Waals surface area contributed by atoms with E-state index < -0.39 is 12.2 Å². The Morgan fingerprint density at radius 2 is 1.74 bits per heavy atom. The highest BCUT2D eigenvalue weighted by Gasteiger charge is 2.34. The van der Waals surface area contributed by atoms with Crippen molar-refractivity contribution in [3.05, 3.63) is 94.4 Å². The topological polar surface area (TPSA) is 91.5 Å². The van der Waals surface area contributed by atoms with Crippen molar-refractivity contribution in [1.82, 2.24) is 24.2 Å². The molecule has 2 aliphatic rings. The SMILES string of the molecule is O=C(OC1Cn2c(-c3ccnc(Cc4ccccc4)n3)c(-c3ccc(F)cc3)c(=O)n2C1)N1CCOCC1. The second kappa shape index (κ2) is 10.2. The van der Waals surface area contributed by atoms with E-state index in [4.69, 9.17) is 14.5 Å². The number of nitrogens with zero attached hydrogens (tertiary/aromatic N) is 5. The van der Waals surface area contributed by atoms with Gasteiger partial charge in [0.1, 0.15) is 17.7 Å². The van der Waals surface area contributed by atoms with E-state index in [0.29, 0.717) is 67.6 Å². The summed E-state index contributed by atoms with van der Waals surface area (Å²) in [6, 6.07) is 17.5. The fraction of sp³-hybridized carbons (Fsp3) is 0.286. The van der Waals surface area contributed by atoms with Gasteiger partial charge in [-0.2, -0.15) is 0 Å². The molecule has 0 aliphatic carbocycles. The molecule has 0 radical (unpaired) electrons. The highest BCUT2D eigenvalue weighted by molar-refractivity contribution is 5.79. The summed E-state index contributed by atoms with van der Waals surface area (Å²) >= 11 is 0. The molecule has 1 unspecified atom stereocenters. The van der Waals surface area contributed by atoms with Crippen molar-refractivity contribution < 1.29 is 18.7 Å². The lowest BCUT2D eigenvalue weighted by atomic mass is 10.0. The van der Waals surface area contributed by atoms with Gasteiger partial charge in [0.25, 0.3) is 5.56 Å². The van der Waals surface area contributed by atoms with Gasteiger partial charge in [-0.1, -0.05) is 42.5 Å². The summed E-state index contributed by atoms with van der Waals surface area (Å²) in [5.74, 6) is 0.226. The molecule has 1 fully saturated rings. The van der Waals surface area contributed by atoms with Gasteiger partial charge >= 0.3 is 6.09 Å². The van der Waals surface area contributed by atoms with Crippen LogP contribution in [0.1, 0.15) is 11.4 Å². The highest BCUT2D eigenvalue weighted by Crippen LogP contribution is 2.32. The minimum Gasteiger partial charge on any atom is -0.442 e. The van der Waals surface area contributed by atoms with Gasteiger partial charge in [-0.15, -0.1) is 0 Å². The second-order valence-corrected chi connectivity index (χ2v) is 9.33. The summed E-state index contributed by atoms with van der Waals surface area (Å²) < 4.78 is 28.2. The largest absolute Gasteiger partial charge is 0.442 e. The number of ether oxygens (including phenoxy) is 2. The highest BCUT2D eigenvalue weighted by atomic mass is 19.1. The van der Waals surface area contributed by atoms with E-state index >= 15 is 0 Å². The Bertz CT molecular complexity index is 1510. The third-order valence-electron chi connectivity index (χ3n) is 6.81. The predicted molar refractivity (Wildman–Crippen MR) is 137 cm³/mol. The van der Waals surface area contributed by atoms with Crippen LogP contribution in [-0.4, -0.2) is 62.7 Å². The molecule has 194 valence electrons. The van der Waals surface area contributed by atoms with Gasteiger partial charge in [-0.05, 0) is 29.3 Å². The monoisotopic (exact) mass is 515 g/mol. The average Bonchev–Trinajstić information content (AvgIpc) is 3.47. The summed E-state index contributed by atoms with van der Waals surface area (Å²) in [5.41, 5.74) is 2.99. The van der Waals surface area contributed by atoms with Crippen LogP contribution in [-0.2, 0) is 29.0 Å². The number of hydrogen-bond acceptors (Lipinski definition) is 6. The van der Waals surface area contributed by atoms with Crippen LogP contribution in [0.25, 0.3) is 22.5 Å². The first-order chi connectivity index (χ1) is 18.6. The summed E-state index contributed by atoms with van der Waals surface area (Å²) in [7, 11) is 0. The number of halogens is 1. The molecule has 38 heavy (non-hydrogen) atoms. The summed E-state index contributed by atoms with van der Waals surface area (Å²) in [4.78, 5) is 37.2. The van der Waals surface area contributed by atoms with Gasteiger partial charge in [0.05, 0.1) is 43.3 Å². The number of rotatable bonds is 5. The molecule has 1 saturated heterocycles. The maximum Gasteiger partial charge on any atom is 0.410 e. The number of carbonyl (C=O) groups excluding carboxylic acids is 1. The number of hydrogen-bond donors (Lipinski definition) is 0. The van der Waals surface area contributed by atoms with Crippen LogP contribution >= 0.6 is 0 Å². The van der Waals surface area contributed by atoms with E-state index in [0.717, 1.165) is 5.56 Å². The first kappa shape index (κ1) is 24.1. The molecule has 4 aromatic rings. The van der Waals surface area contributed by atoms with E-state index in [1.165, 1.54) is 12.1 Å². The minimum atomic E-state index is -0.510. The molecule has 0 spiro atoms. The van der Waals surface area contributed by atoms with Crippen molar-refractivity contribution in [3.8, 4) is 22.5 Å². The Morgan fingerprint density at radius 1 is 1.00 bits per heavy atom. The summed E-state index contributed by atoms with van der Waals surface area (Å²) in [6.07, 6.45) is 1.29. The van der Waals surface area contributed by atoms with Gasteiger partial charge in [-0.25, -0.2) is 23.8 Å². The first-order valence-corrected chi connectivity index (χ1v) is 12.6. The van der Waals surface area contributed by atoms with E-state index in [9.17, 15) is 14.0 Å². The molecule has 0 N–H and O–H groups in total. The van der Waals surface area contributed by atoms with Crippen molar-refractivity contribution in [3.63, 3.8) is 0 Å². The molecule has 0 bridgehead atoms. The average molecular weight is 516 g/mol. The Morgan fingerprint density at radius 3 is 2.50 bits per heavy atom. The van der Waals surface area contributed by atoms with Crippen LogP contribution in [0.4, 0.5) is 9.18 Å². The van der Waals surface area contributed by atoms with E-state index in [1.807, 2.05) is 35.0 Å². The van der Waals surface area contributed by atoms with Gasteiger partial charge < -0.3 is 14.4 Å². The summed E-state index contributed by atoms with van der Waals surface area (Å²) in [5, 5.41) is 0. The Balaban J connectivity index is 1.36. The van der Waals surface area contributed by atoms with Crippen molar-refractivity contribution in [1.29, 1.82) is 0 Å². The number of morpholine rings is 1. The Hall–Kier alpha value is -4.31. The first-order valence-electron chi connectivity index (χ1n) is 12.6. The van der Waals surface area contributed by atoms with Crippen LogP contribution in [0.2, 0.25) is 0 Å². The Kier molecular flexibility index (Phi) is 6.47. The molecule has 6 rings (SSSR count). The molecule has 0 saturated carbocycles. The predicted octanol–water partition coefficient (Wildman–Crippen LogP) is 3.35. The van der Waals surface area contributed by atoms with Crippen LogP contribution in [0, 0.1) is 5.82 Å². The number of aromatic nitrogens is 4. The van der Waals surface area contributed by atoms with E-state index in [1.54, 1.807) is 34.0 Å². The zero-order valence-corrected chi connectivity index (χ0v) is 20.6. The van der Waals surface area contributed by atoms with Gasteiger partial charge in [0, 0.05) is 25.7 Å². The van der Waals surface area contributed by atoms with Crippen LogP contribution in [0.5, 0.6) is 0 Å². The van der Waals surface area contributed by atoms with Crippen molar-refractivity contribution in [2.45, 2.75) is 25.6 Å². The molecule has 2 aromatic heterocycles. The van der Waals surface area contributed by atoms with Gasteiger partial charge in [-0.3, -0.25) is 9.48 Å². The molecule has 2 aliphatic heterocycles.